The molecule has 0 N–H and O–H groups in total. The maximum atomic E-state index is 14.6. The van der Waals surface area contributed by atoms with Crippen molar-refractivity contribution in [3.05, 3.63) is 108 Å². The third kappa shape index (κ3) is 6.22. The van der Waals surface area contributed by atoms with E-state index in [4.69, 9.17) is 8.85 Å². The second kappa shape index (κ2) is 10.5. The molecular weight excluding hydrogens is 452 g/mol. The van der Waals surface area contributed by atoms with Crippen LogP contribution in [0.1, 0.15) is 34.3 Å². The Kier molecular flexibility index (Phi) is 8.14. The number of ketones is 1. The SMILES string of the molecule is CC(c1ccccc1)C(O[Si](C)(C)C)C(O[Si](C)(C)C)(C(=O)c1ccccc1)c1ccccc1. The van der Waals surface area contributed by atoms with Gasteiger partial charge in [0.2, 0.25) is 5.78 Å². The van der Waals surface area contributed by atoms with Crippen LogP contribution in [0.2, 0.25) is 39.3 Å². The highest BCUT2D eigenvalue weighted by Gasteiger charge is 2.54. The summed E-state index contributed by atoms with van der Waals surface area (Å²) in [5.74, 6) is -0.120. The van der Waals surface area contributed by atoms with Gasteiger partial charge in [0.05, 0.1) is 6.10 Å². The van der Waals surface area contributed by atoms with E-state index in [-0.39, 0.29) is 11.7 Å². The summed E-state index contributed by atoms with van der Waals surface area (Å²) in [5.41, 5.74) is 1.33. The molecule has 0 bridgehead atoms. The van der Waals surface area contributed by atoms with Gasteiger partial charge in [0, 0.05) is 11.5 Å². The molecule has 3 atom stereocenters. The number of Topliss-reactive ketones (excluding diaryl/α,β-unsaturated/α-hetero) is 1. The fourth-order valence-electron chi connectivity index (χ4n) is 4.41. The van der Waals surface area contributed by atoms with Crippen LogP contribution in [0.25, 0.3) is 0 Å². The number of hydrogen-bond acceptors (Lipinski definition) is 3. The van der Waals surface area contributed by atoms with Crippen LogP contribution >= 0.6 is 0 Å². The average Bonchev–Trinajstić information content (AvgIpc) is 2.81. The van der Waals surface area contributed by atoms with E-state index in [0.29, 0.717) is 5.56 Å². The number of carbonyl (C=O) groups is 1. The van der Waals surface area contributed by atoms with Crippen LogP contribution in [0.5, 0.6) is 0 Å². The molecule has 34 heavy (non-hydrogen) atoms. The van der Waals surface area contributed by atoms with E-state index in [1.165, 1.54) is 0 Å². The van der Waals surface area contributed by atoms with Crippen molar-refractivity contribution in [2.24, 2.45) is 0 Å². The van der Waals surface area contributed by atoms with E-state index in [0.717, 1.165) is 11.1 Å². The van der Waals surface area contributed by atoms with Crippen molar-refractivity contribution in [2.75, 3.05) is 0 Å². The van der Waals surface area contributed by atoms with Crippen LogP contribution in [0.4, 0.5) is 0 Å². The van der Waals surface area contributed by atoms with Gasteiger partial charge in [-0.2, -0.15) is 0 Å². The van der Waals surface area contributed by atoms with E-state index >= 15 is 0 Å². The first-order valence-corrected chi connectivity index (χ1v) is 18.8. The number of hydrogen-bond donors (Lipinski definition) is 0. The van der Waals surface area contributed by atoms with Crippen LogP contribution in [0, 0.1) is 0 Å². The zero-order valence-electron chi connectivity index (χ0n) is 21.5. The predicted molar refractivity (Wildman–Crippen MR) is 146 cm³/mol. The number of rotatable bonds is 10. The summed E-state index contributed by atoms with van der Waals surface area (Å²) in [7, 11) is -4.34. The second-order valence-electron chi connectivity index (χ2n) is 10.9. The Morgan fingerprint density at radius 3 is 1.65 bits per heavy atom. The van der Waals surface area contributed by atoms with Gasteiger partial charge in [0.1, 0.15) is 0 Å². The summed E-state index contributed by atoms with van der Waals surface area (Å²) in [5, 5.41) is 0. The quantitative estimate of drug-likeness (QED) is 0.216. The summed E-state index contributed by atoms with van der Waals surface area (Å²) in [4.78, 5) is 14.6. The summed E-state index contributed by atoms with van der Waals surface area (Å²) in [6.07, 6.45) is -0.497. The molecule has 3 aromatic rings. The monoisotopic (exact) mass is 490 g/mol. The molecule has 0 aliphatic rings. The van der Waals surface area contributed by atoms with Crippen LogP contribution in [-0.2, 0) is 14.5 Å². The fourth-order valence-corrected chi connectivity index (χ4v) is 6.83. The fraction of sp³-hybridized carbons (Fsp3) is 0.345. The minimum atomic E-state index is -2.24. The van der Waals surface area contributed by atoms with Gasteiger partial charge in [0.15, 0.2) is 22.2 Å². The molecule has 3 unspecified atom stereocenters. The van der Waals surface area contributed by atoms with Crippen molar-refractivity contribution in [3.63, 3.8) is 0 Å². The highest BCUT2D eigenvalue weighted by atomic mass is 28.4. The molecule has 0 saturated heterocycles. The van der Waals surface area contributed by atoms with Crippen molar-refractivity contribution >= 4 is 22.4 Å². The van der Waals surface area contributed by atoms with Gasteiger partial charge in [-0.1, -0.05) is 97.9 Å². The molecule has 0 spiro atoms. The van der Waals surface area contributed by atoms with E-state index in [9.17, 15) is 4.79 Å². The van der Waals surface area contributed by atoms with Gasteiger partial charge < -0.3 is 8.85 Å². The minimum Gasteiger partial charge on any atom is -0.410 e. The van der Waals surface area contributed by atoms with Crippen LogP contribution in [0.3, 0.4) is 0 Å². The smallest absolute Gasteiger partial charge is 0.200 e. The van der Waals surface area contributed by atoms with E-state index in [1.54, 1.807) is 0 Å². The highest BCUT2D eigenvalue weighted by molar-refractivity contribution is 6.70. The molecule has 5 heteroatoms. The maximum absolute atomic E-state index is 14.6. The molecule has 0 radical (unpaired) electrons. The molecule has 0 aliphatic heterocycles. The molecule has 0 aliphatic carbocycles. The number of carbonyl (C=O) groups excluding carboxylic acids is 1. The first-order valence-electron chi connectivity index (χ1n) is 12.0. The van der Waals surface area contributed by atoms with Gasteiger partial charge in [-0.25, -0.2) is 0 Å². The van der Waals surface area contributed by atoms with Crippen molar-refractivity contribution in [1.29, 1.82) is 0 Å². The van der Waals surface area contributed by atoms with Gasteiger partial charge in [-0.05, 0) is 50.4 Å². The van der Waals surface area contributed by atoms with Crippen LogP contribution in [-0.4, -0.2) is 28.5 Å². The summed E-state index contributed by atoms with van der Waals surface area (Å²) < 4.78 is 14.0. The standard InChI is InChI=1S/C29H38O3Si2/c1-23(24-17-11-8-12-18-24)28(31-33(2,3)4)29(32-34(5,6)7,26-21-15-10-16-22-26)27(30)25-19-13-9-14-20-25/h8-23,28H,1-7H3. The summed E-state index contributed by atoms with van der Waals surface area (Å²) in [6, 6.07) is 29.8. The molecule has 0 heterocycles. The Morgan fingerprint density at radius 2 is 1.18 bits per heavy atom. The molecule has 0 amide bonds. The lowest BCUT2D eigenvalue weighted by Gasteiger charge is -2.48. The molecule has 3 rings (SSSR count). The molecule has 0 fully saturated rings. The third-order valence-electron chi connectivity index (χ3n) is 5.70. The van der Waals surface area contributed by atoms with E-state index < -0.39 is 28.3 Å². The lowest BCUT2D eigenvalue weighted by atomic mass is 9.75. The van der Waals surface area contributed by atoms with Crippen LogP contribution < -0.4 is 0 Å². The molecule has 3 aromatic carbocycles. The molecular formula is C29H38O3Si2. The Balaban J connectivity index is 2.36. The van der Waals surface area contributed by atoms with Crippen molar-refractivity contribution in [2.45, 2.75) is 63.8 Å². The third-order valence-corrected chi connectivity index (χ3v) is 7.60. The highest BCUT2D eigenvalue weighted by Crippen LogP contribution is 2.44. The van der Waals surface area contributed by atoms with Gasteiger partial charge in [0.25, 0.3) is 0 Å². The first-order chi connectivity index (χ1) is 15.9. The van der Waals surface area contributed by atoms with Crippen molar-refractivity contribution < 1.29 is 13.6 Å². The van der Waals surface area contributed by atoms with Crippen molar-refractivity contribution in [1.82, 2.24) is 0 Å². The lowest BCUT2D eigenvalue weighted by molar-refractivity contribution is -0.0436. The van der Waals surface area contributed by atoms with Gasteiger partial charge >= 0.3 is 0 Å². The Morgan fingerprint density at radius 1 is 0.706 bits per heavy atom. The summed E-state index contributed by atoms with van der Waals surface area (Å²) >= 11 is 0. The molecule has 3 nitrogen and oxygen atoms in total. The minimum absolute atomic E-state index is 0.0484. The van der Waals surface area contributed by atoms with Gasteiger partial charge in [-0.3, -0.25) is 4.79 Å². The lowest BCUT2D eigenvalue weighted by Crippen LogP contribution is -2.58. The molecule has 0 aromatic heterocycles. The van der Waals surface area contributed by atoms with Crippen LogP contribution in [0.15, 0.2) is 91.0 Å². The zero-order chi connectivity index (χ0) is 25.0. The maximum Gasteiger partial charge on any atom is 0.200 e. The first kappa shape index (κ1) is 26.3. The largest absolute Gasteiger partial charge is 0.410 e. The molecule has 0 saturated carbocycles. The normalized spacial score (nSPS) is 15.9. The molecule has 180 valence electrons. The zero-order valence-corrected chi connectivity index (χ0v) is 23.5. The Hall–Kier alpha value is -2.32. The second-order valence-corrected chi connectivity index (χ2v) is 19.8. The average molecular weight is 491 g/mol. The predicted octanol–water partition coefficient (Wildman–Crippen LogP) is 7.64. The van der Waals surface area contributed by atoms with Gasteiger partial charge in [-0.15, -0.1) is 0 Å². The summed E-state index contributed by atoms with van der Waals surface area (Å²) in [6.45, 7) is 15.1. The number of benzene rings is 3. The topological polar surface area (TPSA) is 35.5 Å². The Labute approximate surface area is 207 Å². The van der Waals surface area contributed by atoms with E-state index in [1.807, 2.05) is 78.9 Å². The van der Waals surface area contributed by atoms with Crippen molar-refractivity contribution in [3.8, 4) is 0 Å². The van der Waals surface area contributed by atoms with E-state index in [2.05, 4.69) is 58.3 Å². The Bertz CT molecular complexity index is 1060.